The minimum Gasteiger partial charge on any atom is -0.468 e. The van der Waals surface area contributed by atoms with E-state index in [0.29, 0.717) is 18.5 Å². The zero-order valence-electron chi connectivity index (χ0n) is 15.8. The molecule has 0 aliphatic rings. The molecule has 0 aromatic heterocycles. The standard InChI is InChI=1S/C22H24N2O3/c1-3-4-9-21(25)24(16-22(26)27-2)15-17-10-12-18(13-11-17)20-8-6-5-7-19(20)14-23/h5-8,10-13H,3-4,9,15-16H2,1-2H3. The molecule has 2 aromatic rings. The normalized spacial score (nSPS) is 10.1. The second-order valence-electron chi connectivity index (χ2n) is 6.28. The Bertz CT molecular complexity index is 822. The van der Waals surface area contributed by atoms with Gasteiger partial charge in [-0.1, -0.05) is 55.8 Å². The molecular formula is C22H24N2O3. The van der Waals surface area contributed by atoms with Gasteiger partial charge in [0.1, 0.15) is 6.54 Å². The van der Waals surface area contributed by atoms with Crippen LogP contribution in [0.15, 0.2) is 48.5 Å². The SMILES string of the molecule is CCCCC(=O)N(CC(=O)OC)Cc1ccc(-c2ccccc2C#N)cc1. The molecule has 0 radical (unpaired) electrons. The van der Waals surface area contributed by atoms with Crippen molar-refractivity contribution in [3.63, 3.8) is 0 Å². The molecule has 0 aliphatic heterocycles. The summed E-state index contributed by atoms with van der Waals surface area (Å²) in [5.74, 6) is -0.486. The minimum atomic E-state index is -0.431. The Labute approximate surface area is 160 Å². The van der Waals surface area contributed by atoms with Crippen LogP contribution in [0.1, 0.15) is 37.3 Å². The van der Waals surface area contributed by atoms with E-state index in [-0.39, 0.29) is 12.5 Å². The van der Waals surface area contributed by atoms with E-state index in [2.05, 4.69) is 6.07 Å². The molecule has 0 fully saturated rings. The van der Waals surface area contributed by atoms with Crippen molar-refractivity contribution in [2.24, 2.45) is 0 Å². The van der Waals surface area contributed by atoms with Crippen LogP contribution in [0, 0.1) is 11.3 Å². The summed E-state index contributed by atoms with van der Waals surface area (Å²) in [6.07, 6.45) is 2.13. The van der Waals surface area contributed by atoms with Gasteiger partial charge in [0.15, 0.2) is 0 Å². The van der Waals surface area contributed by atoms with Crippen molar-refractivity contribution < 1.29 is 14.3 Å². The van der Waals surface area contributed by atoms with Gasteiger partial charge in [-0.25, -0.2) is 0 Å². The Morgan fingerprint density at radius 2 is 1.81 bits per heavy atom. The monoisotopic (exact) mass is 364 g/mol. The summed E-state index contributed by atoms with van der Waals surface area (Å²) < 4.78 is 4.71. The summed E-state index contributed by atoms with van der Waals surface area (Å²) >= 11 is 0. The summed E-state index contributed by atoms with van der Waals surface area (Å²) in [6, 6.07) is 17.3. The summed E-state index contributed by atoms with van der Waals surface area (Å²) in [5, 5.41) is 9.25. The Morgan fingerprint density at radius 3 is 2.44 bits per heavy atom. The molecule has 2 rings (SSSR count). The summed E-state index contributed by atoms with van der Waals surface area (Å²) in [5.41, 5.74) is 3.35. The van der Waals surface area contributed by atoms with E-state index in [1.165, 1.54) is 12.0 Å². The van der Waals surface area contributed by atoms with E-state index in [1.54, 1.807) is 6.07 Å². The van der Waals surface area contributed by atoms with Gasteiger partial charge in [-0.15, -0.1) is 0 Å². The van der Waals surface area contributed by atoms with Crippen LogP contribution in [0.25, 0.3) is 11.1 Å². The first kappa shape index (κ1) is 20.2. The molecule has 0 atom stereocenters. The highest BCUT2D eigenvalue weighted by molar-refractivity contribution is 5.82. The largest absolute Gasteiger partial charge is 0.468 e. The highest BCUT2D eigenvalue weighted by Gasteiger charge is 2.17. The molecule has 140 valence electrons. The molecule has 5 heteroatoms. The lowest BCUT2D eigenvalue weighted by atomic mass is 9.99. The van der Waals surface area contributed by atoms with Crippen molar-refractivity contribution in [3.8, 4) is 17.2 Å². The quantitative estimate of drug-likeness (QED) is 0.666. The van der Waals surface area contributed by atoms with E-state index in [9.17, 15) is 14.9 Å². The van der Waals surface area contributed by atoms with Gasteiger partial charge in [0.05, 0.1) is 18.7 Å². The number of esters is 1. The lowest BCUT2D eigenvalue weighted by Gasteiger charge is -2.22. The van der Waals surface area contributed by atoms with Crippen molar-refractivity contribution in [1.29, 1.82) is 5.26 Å². The third-order valence-electron chi connectivity index (χ3n) is 4.33. The van der Waals surface area contributed by atoms with Crippen molar-refractivity contribution in [1.82, 2.24) is 4.90 Å². The molecule has 2 aromatic carbocycles. The number of carbonyl (C=O) groups excluding carboxylic acids is 2. The zero-order chi connectivity index (χ0) is 19.6. The molecule has 0 spiro atoms. The summed E-state index contributed by atoms with van der Waals surface area (Å²) in [6.45, 7) is 2.31. The number of ether oxygens (including phenoxy) is 1. The zero-order valence-corrected chi connectivity index (χ0v) is 15.8. The van der Waals surface area contributed by atoms with Crippen molar-refractivity contribution >= 4 is 11.9 Å². The van der Waals surface area contributed by atoms with Crippen molar-refractivity contribution in [3.05, 3.63) is 59.7 Å². The second kappa shape index (κ2) is 10.1. The Morgan fingerprint density at radius 1 is 1.11 bits per heavy atom. The fourth-order valence-electron chi connectivity index (χ4n) is 2.78. The number of unbranched alkanes of at least 4 members (excludes halogenated alkanes) is 1. The Kier molecular flexibility index (Phi) is 7.57. The van der Waals surface area contributed by atoms with Crippen LogP contribution in [0.3, 0.4) is 0 Å². The highest BCUT2D eigenvalue weighted by atomic mass is 16.5. The first-order valence-electron chi connectivity index (χ1n) is 9.02. The van der Waals surface area contributed by atoms with Gasteiger partial charge in [-0.3, -0.25) is 9.59 Å². The molecule has 0 bridgehead atoms. The molecule has 0 saturated heterocycles. The van der Waals surface area contributed by atoms with Crippen LogP contribution in [0.4, 0.5) is 0 Å². The number of nitrogens with zero attached hydrogens (tertiary/aromatic N) is 2. The molecular weight excluding hydrogens is 340 g/mol. The van der Waals surface area contributed by atoms with Gasteiger partial charge in [-0.2, -0.15) is 5.26 Å². The smallest absolute Gasteiger partial charge is 0.325 e. The number of hydrogen-bond donors (Lipinski definition) is 0. The fourth-order valence-corrected chi connectivity index (χ4v) is 2.78. The maximum absolute atomic E-state index is 12.4. The number of hydrogen-bond acceptors (Lipinski definition) is 4. The Hall–Kier alpha value is -3.13. The van der Waals surface area contributed by atoms with Gasteiger partial charge in [-0.05, 0) is 29.2 Å². The second-order valence-corrected chi connectivity index (χ2v) is 6.28. The predicted molar refractivity (Wildman–Crippen MR) is 104 cm³/mol. The average Bonchev–Trinajstić information content (AvgIpc) is 2.71. The predicted octanol–water partition coefficient (Wildman–Crippen LogP) is 3.92. The molecule has 0 heterocycles. The van der Waals surface area contributed by atoms with Crippen LogP contribution in [0.5, 0.6) is 0 Å². The lowest BCUT2D eigenvalue weighted by molar-refractivity contribution is -0.147. The first-order valence-corrected chi connectivity index (χ1v) is 9.02. The van der Waals surface area contributed by atoms with E-state index >= 15 is 0 Å². The molecule has 0 unspecified atom stereocenters. The highest BCUT2D eigenvalue weighted by Crippen LogP contribution is 2.24. The van der Waals surface area contributed by atoms with E-state index in [0.717, 1.165) is 29.5 Å². The van der Waals surface area contributed by atoms with Gasteiger partial charge < -0.3 is 9.64 Å². The van der Waals surface area contributed by atoms with Crippen LogP contribution in [0.2, 0.25) is 0 Å². The van der Waals surface area contributed by atoms with Crippen molar-refractivity contribution in [2.45, 2.75) is 32.7 Å². The first-order chi connectivity index (χ1) is 13.1. The van der Waals surface area contributed by atoms with E-state index < -0.39 is 5.97 Å². The number of nitriles is 1. The maximum Gasteiger partial charge on any atom is 0.325 e. The summed E-state index contributed by atoms with van der Waals surface area (Å²) in [7, 11) is 1.32. The third-order valence-corrected chi connectivity index (χ3v) is 4.33. The number of benzene rings is 2. The summed E-state index contributed by atoms with van der Waals surface area (Å²) in [4.78, 5) is 25.6. The van der Waals surface area contributed by atoms with E-state index in [1.807, 2.05) is 49.4 Å². The minimum absolute atomic E-state index is 0.0545. The number of carbonyl (C=O) groups is 2. The van der Waals surface area contributed by atoms with Gasteiger partial charge >= 0.3 is 5.97 Å². The maximum atomic E-state index is 12.4. The van der Waals surface area contributed by atoms with Crippen LogP contribution in [-0.4, -0.2) is 30.4 Å². The Balaban J connectivity index is 2.17. The lowest BCUT2D eigenvalue weighted by Crippen LogP contribution is -2.35. The number of rotatable bonds is 8. The molecule has 0 N–H and O–H groups in total. The third kappa shape index (κ3) is 5.68. The molecule has 0 aliphatic carbocycles. The molecule has 0 saturated carbocycles. The van der Waals surface area contributed by atoms with E-state index in [4.69, 9.17) is 4.74 Å². The number of methoxy groups -OCH3 is 1. The number of amides is 1. The average molecular weight is 364 g/mol. The molecule has 5 nitrogen and oxygen atoms in total. The molecule has 27 heavy (non-hydrogen) atoms. The van der Waals surface area contributed by atoms with Crippen LogP contribution < -0.4 is 0 Å². The van der Waals surface area contributed by atoms with Crippen LogP contribution in [-0.2, 0) is 20.9 Å². The topological polar surface area (TPSA) is 70.4 Å². The van der Waals surface area contributed by atoms with Crippen LogP contribution >= 0.6 is 0 Å². The fraction of sp³-hybridized carbons (Fsp3) is 0.318. The van der Waals surface area contributed by atoms with Gasteiger partial charge in [0, 0.05) is 13.0 Å². The van der Waals surface area contributed by atoms with Gasteiger partial charge in [0.25, 0.3) is 0 Å². The molecule has 1 amide bonds. The van der Waals surface area contributed by atoms with Crippen molar-refractivity contribution in [2.75, 3.05) is 13.7 Å². The van der Waals surface area contributed by atoms with Gasteiger partial charge in [0.2, 0.25) is 5.91 Å².